The lowest BCUT2D eigenvalue weighted by Gasteiger charge is -2.26. The van der Waals surface area contributed by atoms with Crippen LogP contribution in [0.15, 0.2) is 48.9 Å². The zero-order valence-corrected chi connectivity index (χ0v) is 19.0. The molecule has 0 saturated heterocycles. The van der Waals surface area contributed by atoms with Crippen LogP contribution in [0.5, 0.6) is 0 Å². The highest BCUT2D eigenvalue weighted by Gasteiger charge is 2.21. The van der Waals surface area contributed by atoms with Crippen molar-refractivity contribution in [3.8, 4) is 11.1 Å². The van der Waals surface area contributed by atoms with Gasteiger partial charge in [-0.2, -0.15) is 0 Å². The van der Waals surface area contributed by atoms with Crippen molar-refractivity contribution in [1.29, 1.82) is 0 Å². The van der Waals surface area contributed by atoms with Gasteiger partial charge in [0.2, 0.25) is 5.91 Å². The molecule has 3 aromatic rings. The highest BCUT2D eigenvalue weighted by Crippen LogP contribution is 2.32. The Morgan fingerprint density at radius 3 is 2.72 bits per heavy atom. The van der Waals surface area contributed by atoms with E-state index in [2.05, 4.69) is 33.8 Å². The first kappa shape index (κ1) is 23.4. The Morgan fingerprint density at radius 2 is 2.03 bits per heavy atom. The molecule has 0 saturated carbocycles. The molecule has 8 heteroatoms. The van der Waals surface area contributed by atoms with E-state index < -0.39 is 5.97 Å². The summed E-state index contributed by atoms with van der Waals surface area (Å²) in [5, 5.41) is 0.305. The summed E-state index contributed by atoms with van der Waals surface area (Å²) < 4.78 is 4.43. The molecule has 1 amide bonds. The number of halogens is 1. The van der Waals surface area contributed by atoms with E-state index in [0.717, 1.165) is 28.8 Å². The Labute approximate surface area is 192 Å². The minimum absolute atomic E-state index is 0.150. The van der Waals surface area contributed by atoms with Crippen LogP contribution in [0, 0.1) is 6.92 Å². The van der Waals surface area contributed by atoms with Gasteiger partial charge in [0.25, 0.3) is 0 Å². The monoisotopic (exact) mass is 452 g/mol. The molecule has 0 bridgehead atoms. The van der Waals surface area contributed by atoms with Crippen molar-refractivity contribution >= 4 is 29.2 Å². The zero-order valence-electron chi connectivity index (χ0n) is 18.3. The summed E-state index contributed by atoms with van der Waals surface area (Å²) in [7, 11) is 3.12. The summed E-state index contributed by atoms with van der Waals surface area (Å²) in [4.78, 5) is 32.4. The van der Waals surface area contributed by atoms with E-state index in [9.17, 15) is 9.59 Å². The standard InChI is InChI=1S/C17H19N3O.C7H6ClNO2/c1-11-14(8-18)9-19-10-15(11)12-3-5-16-13(7-12)4-6-17(21)20(16)2;1-11-7(10)6-5(8)3-2-4-9-6/h3,5,7,9-10H,4,6,8,18H2,1-2H3;2-4H,1H3. The normalized spacial score (nSPS) is 12.5. The molecule has 7 nitrogen and oxygen atoms in total. The number of aromatic nitrogens is 2. The number of fused-ring (bicyclic) bond motifs is 1. The maximum Gasteiger partial charge on any atom is 0.358 e. The molecule has 4 rings (SSSR count). The van der Waals surface area contributed by atoms with Gasteiger partial charge in [0.05, 0.1) is 12.1 Å². The van der Waals surface area contributed by atoms with Gasteiger partial charge in [-0.25, -0.2) is 9.78 Å². The van der Waals surface area contributed by atoms with E-state index in [4.69, 9.17) is 17.3 Å². The molecule has 3 heterocycles. The van der Waals surface area contributed by atoms with E-state index in [1.807, 2.05) is 25.5 Å². The number of esters is 1. The largest absolute Gasteiger partial charge is 0.464 e. The molecule has 2 aromatic heterocycles. The number of nitrogens with two attached hydrogens (primary N) is 1. The number of hydrogen-bond acceptors (Lipinski definition) is 6. The molecule has 0 radical (unpaired) electrons. The molecule has 32 heavy (non-hydrogen) atoms. The van der Waals surface area contributed by atoms with Crippen LogP contribution >= 0.6 is 11.6 Å². The molecule has 1 aromatic carbocycles. The third-order valence-corrected chi connectivity index (χ3v) is 5.72. The number of nitrogens with zero attached hydrogens (tertiary/aromatic N) is 3. The number of hydrogen-bond donors (Lipinski definition) is 1. The summed E-state index contributed by atoms with van der Waals surface area (Å²) in [5.41, 5.74) is 12.6. The molecule has 0 fully saturated rings. The molecule has 0 spiro atoms. The second kappa shape index (κ2) is 10.3. The molecule has 0 aliphatic carbocycles. The average Bonchev–Trinajstić information content (AvgIpc) is 2.81. The number of anilines is 1. The van der Waals surface area contributed by atoms with Gasteiger partial charge in [0.1, 0.15) is 0 Å². The van der Waals surface area contributed by atoms with Crippen molar-refractivity contribution in [3.05, 3.63) is 76.3 Å². The van der Waals surface area contributed by atoms with Gasteiger partial charge < -0.3 is 15.4 Å². The van der Waals surface area contributed by atoms with Crippen molar-refractivity contribution < 1.29 is 14.3 Å². The molecule has 166 valence electrons. The van der Waals surface area contributed by atoms with Gasteiger partial charge in [-0.3, -0.25) is 9.78 Å². The first-order chi connectivity index (χ1) is 15.4. The number of carbonyl (C=O) groups is 2. The lowest BCUT2D eigenvalue weighted by molar-refractivity contribution is -0.118. The van der Waals surface area contributed by atoms with Crippen molar-refractivity contribution in [3.63, 3.8) is 0 Å². The molecular weight excluding hydrogens is 428 g/mol. The fourth-order valence-corrected chi connectivity index (χ4v) is 3.72. The Morgan fingerprint density at radius 1 is 1.25 bits per heavy atom. The van der Waals surface area contributed by atoms with Crippen LogP contribution in [0.25, 0.3) is 11.1 Å². The van der Waals surface area contributed by atoms with Gasteiger partial charge in [-0.05, 0) is 59.9 Å². The topological polar surface area (TPSA) is 98.4 Å². The van der Waals surface area contributed by atoms with E-state index in [1.54, 1.807) is 17.0 Å². The summed E-state index contributed by atoms with van der Waals surface area (Å²) in [6.45, 7) is 2.57. The van der Waals surface area contributed by atoms with Crippen LogP contribution in [0.4, 0.5) is 5.69 Å². The van der Waals surface area contributed by atoms with Crippen molar-refractivity contribution in [2.75, 3.05) is 19.1 Å². The van der Waals surface area contributed by atoms with Crippen molar-refractivity contribution in [2.45, 2.75) is 26.3 Å². The summed E-state index contributed by atoms with van der Waals surface area (Å²) in [6, 6.07) is 9.48. The predicted octanol–water partition coefficient (Wildman–Crippen LogP) is 3.95. The van der Waals surface area contributed by atoms with Crippen molar-refractivity contribution in [2.24, 2.45) is 5.73 Å². The van der Waals surface area contributed by atoms with Crippen LogP contribution in [0.3, 0.4) is 0 Å². The highest BCUT2D eigenvalue weighted by molar-refractivity contribution is 6.33. The molecule has 1 aliphatic rings. The maximum atomic E-state index is 11.8. The Balaban J connectivity index is 0.000000222. The number of amides is 1. The van der Waals surface area contributed by atoms with Crippen LogP contribution in [-0.4, -0.2) is 36.0 Å². The number of rotatable bonds is 3. The minimum atomic E-state index is -0.518. The predicted molar refractivity (Wildman–Crippen MR) is 125 cm³/mol. The first-order valence-electron chi connectivity index (χ1n) is 10.1. The van der Waals surface area contributed by atoms with Crippen molar-refractivity contribution in [1.82, 2.24) is 9.97 Å². The Hall–Kier alpha value is -3.29. The second-order valence-electron chi connectivity index (χ2n) is 7.30. The number of benzene rings is 1. The Kier molecular flexibility index (Phi) is 7.56. The summed E-state index contributed by atoms with van der Waals surface area (Å²) in [5.74, 6) is -0.339. The maximum absolute atomic E-state index is 11.8. The van der Waals surface area contributed by atoms with Crippen LogP contribution < -0.4 is 10.6 Å². The van der Waals surface area contributed by atoms with Gasteiger partial charge in [0.15, 0.2) is 5.69 Å². The number of ether oxygens (including phenoxy) is 1. The molecule has 2 N–H and O–H groups in total. The van der Waals surface area contributed by atoms with E-state index in [0.29, 0.717) is 18.0 Å². The molecule has 0 unspecified atom stereocenters. The fraction of sp³-hybridized carbons (Fsp3) is 0.250. The summed E-state index contributed by atoms with van der Waals surface area (Å²) in [6.07, 6.45) is 6.57. The lowest BCUT2D eigenvalue weighted by Crippen LogP contribution is -2.30. The van der Waals surface area contributed by atoms with Gasteiger partial charge in [-0.1, -0.05) is 17.7 Å². The number of aryl methyl sites for hydroxylation is 1. The van der Waals surface area contributed by atoms with Crippen LogP contribution in [-0.2, 0) is 22.5 Å². The number of methoxy groups -OCH3 is 1. The van der Waals surface area contributed by atoms with Gasteiger partial charge >= 0.3 is 5.97 Å². The quantitative estimate of drug-likeness (QED) is 0.604. The molecule has 1 aliphatic heterocycles. The SMILES string of the molecule is COC(=O)c1ncccc1Cl.Cc1c(CN)cncc1-c1ccc2c(c1)CCC(=O)N2C. The van der Waals surface area contributed by atoms with Crippen LogP contribution in [0.1, 0.15) is 33.6 Å². The second-order valence-corrected chi connectivity index (χ2v) is 7.70. The fourth-order valence-electron chi connectivity index (χ4n) is 3.52. The zero-order chi connectivity index (χ0) is 23.3. The first-order valence-corrected chi connectivity index (χ1v) is 10.5. The average molecular weight is 453 g/mol. The third-order valence-electron chi connectivity index (χ3n) is 5.41. The van der Waals surface area contributed by atoms with Crippen LogP contribution in [0.2, 0.25) is 5.02 Å². The van der Waals surface area contributed by atoms with E-state index >= 15 is 0 Å². The number of carbonyl (C=O) groups excluding carboxylic acids is 2. The number of pyridine rings is 2. The van der Waals surface area contributed by atoms with Gasteiger partial charge in [-0.15, -0.1) is 0 Å². The summed E-state index contributed by atoms with van der Waals surface area (Å²) >= 11 is 5.63. The minimum Gasteiger partial charge on any atom is -0.464 e. The smallest absolute Gasteiger partial charge is 0.358 e. The van der Waals surface area contributed by atoms with E-state index in [1.165, 1.54) is 24.4 Å². The van der Waals surface area contributed by atoms with E-state index in [-0.39, 0.29) is 11.6 Å². The third kappa shape index (κ3) is 4.95. The highest BCUT2D eigenvalue weighted by atomic mass is 35.5. The van der Waals surface area contributed by atoms with Gasteiger partial charge in [0, 0.05) is 49.9 Å². The molecular formula is C24H25ClN4O3. The molecule has 0 atom stereocenters. The Bertz CT molecular complexity index is 1150. The lowest BCUT2D eigenvalue weighted by atomic mass is 9.94.